The average molecular weight is 474 g/mol. The first kappa shape index (κ1) is 26.5. The molecule has 0 saturated carbocycles. The smallest absolute Gasteiger partial charge is 0.347 e. The molecule has 2 rings (SSSR count). The van der Waals surface area contributed by atoms with E-state index in [-0.39, 0.29) is 26.4 Å². The van der Waals surface area contributed by atoms with Crippen LogP contribution in [0.4, 0.5) is 0 Å². The lowest BCUT2D eigenvalue weighted by Crippen LogP contribution is -2.36. The first-order valence-corrected chi connectivity index (χ1v) is 10.3. The highest BCUT2D eigenvalue weighted by Gasteiger charge is 2.30. The summed E-state index contributed by atoms with van der Waals surface area (Å²) in [5, 5.41) is 0. The van der Waals surface area contributed by atoms with Gasteiger partial charge in [0.15, 0.2) is 6.61 Å². The van der Waals surface area contributed by atoms with Gasteiger partial charge in [-0.15, -0.1) is 0 Å². The molecule has 2 aromatic carbocycles. The molecule has 0 amide bonds. The van der Waals surface area contributed by atoms with Gasteiger partial charge in [-0.05, 0) is 11.1 Å². The van der Waals surface area contributed by atoms with Crippen LogP contribution in [0.25, 0.3) is 0 Å². The molecule has 0 aliphatic heterocycles. The lowest BCUT2D eigenvalue weighted by atomic mass is 10.2. The summed E-state index contributed by atoms with van der Waals surface area (Å²) in [5.41, 5.74) is 1.55. The van der Waals surface area contributed by atoms with Crippen LogP contribution in [0.1, 0.15) is 11.1 Å². The third-order valence-corrected chi connectivity index (χ3v) is 4.18. The number of rotatable bonds is 14. The second-order valence-electron chi connectivity index (χ2n) is 6.73. The normalized spacial score (nSPS) is 11.2. The molecule has 0 aromatic heterocycles. The predicted molar refractivity (Wildman–Crippen MR) is 116 cm³/mol. The SMILES string of the molecule is COC(=O)C(OCCOCC(=O)OCC(=O)OCc1ccccc1)C(=O)OCc1ccccc1. The van der Waals surface area contributed by atoms with Crippen LogP contribution in [0.2, 0.25) is 0 Å². The summed E-state index contributed by atoms with van der Waals surface area (Å²) in [7, 11) is 1.11. The third-order valence-electron chi connectivity index (χ3n) is 4.18. The zero-order valence-electron chi connectivity index (χ0n) is 18.7. The standard InChI is InChI=1S/C24H26O10/c1-29-23(27)22(24(28)34-15-19-10-6-3-7-11-19)31-13-12-30-16-20(25)33-17-21(26)32-14-18-8-4-2-5-9-18/h2-11,22H,12-17H2,1H3. The second kappa shape index (κ2) is 15.1. The van der Waals surface area contributed by atoms with E-state index in [1.807, 2.05) is 24.3 Å². The minimum Gasteiger partial charge on any atom is -0.467 e. The van der Waals surface area contributed by atoms with Gasteiger partial charge in [-0.1, -0.05) is 60.7 Å². The van der Waals surface area contributed by atoms with E-state index in [4.69, 9.17) is 23.7 Å². The van der Waals surface area contributed by atoms with Crippen molar-refractivity contribution in [3.63, 3.8) is 0 Å². The molecule has 0 fully saturated rings. The van der Waals surface area contributed by atoms with E-state index in [2.05, 4.69) is 4.74 Å². The van der Waals surface area contributed by atoms with Crippen molar-refractivity contribution in [2.45, 2.75) is 19.3 Å². The summed E-state index contributed by atoms with van der Waals surface area (Å²) in [6.07, 6.45) is -1.59. The van der Waals surface area contributed by atoms with E-state index in [1.165, 1.54) is 0 Å². The van der Waals surface area contributed by atoms with Crippen LogP contribution in [0.5, 0.6) is 0 Å². The number of carbonyl (C=O) groups is 4. The highest BCUT2D eigenvalue weighted by molar-refractivity contribution is 5.98. The molecule has 0 spiro atoms. The van der Waals surface area contributed by atoms with E-state index < -0.39 is 43.2 Å². The summed E-state index contributed by atoms with van der Waals surface area (Å²) in [4.78, 5) is 47.3. The molecule has 182 valence electrons. The van der Waals surface area contributed by atoms with Gasteiger partial charge in [0.25, 0.3) is 6.10 Å². The molecule has 10 nitrogen and oxygen atoms in total. The van der Waals surface area contributed by atoms with Crippen molar-refractivity contribution < 1.29 is 47.6 Å². The van der Waals surface area contributed by atoms with Crippen LogP contribution in [0.3, 0.4) is 0 Å². The van der Waals surface area contributed by atoms with Crippen LogP contribution < -0.4 is 0 Å². The second-order valence-corrected chi connectivity index (χ2v) is 6.73. The van der Waals surface area contributed by atoms with Crippen molar-refractivity contribution in [1.82, 2.24) is 0 Å². The van der Waals surface area contributed by atoms with Gasteiger partial charge in [0.05, 0.1) is 20.3 Å². The Balaban J connectivity index is 1.61. The van der Waals surface area contributed by atoms with Gasteiger partial charge in [-0.3, -0.25) is 0 Å². The Morgan fingerprint density at radius 1 is 0.676 bits per heavy atom. The maximum absolute atomic E-state index is 12.2. The minimum absolute atomic E-state index is 0.0351. The topological polar surface area (TPSA) is 124 Å². The maximum atomic E-state index is 12.2. The Kier molecular flexibility index (Phi) is 11.8. The van der Waals surface area contributed by atoms with Crippen molar-refractivity contribution in [3.8, 4) is 0 Å². The first-order valence-electron chi connectivity index (χ1n) is 10.3. The monoisotopic (exact) mass is 474 g/mol. The molecule has 10 heteroatoms. The Hall–Kier alpha value is -3.76. The van der Waals surface area contributed by atoms with Crippen LogP contribution in [0.15, 0.2) is 60.7 Å². The maximum Gasteiger partial charge on any atom is 0.347 e. The summed E-state index contributed by atoms with van der Waals surface area (Å²) in [5.74, 6) is -3.32. The lowest BCUT2D eigenvalue weighted by Gasteiger charge is -2.15. The van der Waals surface area contributed by atoms with Crippen molar-refractivity contribution in [2.24, 2.45) is 0 Å². The van der Waals surface area contributed by atoms with Gasteiger partial charge in [0.2, 0.25) is 0 Å². The molecule has 0 bridgehead atoms. The molecule has 0 aliphatic carbocycles. The Labute approximate surface area is 196 Å². The number of ether oxygens (including phenoxy) is 6. The Morgan fingerprint density at radius 3 is 1.82 bits per heavy atom. The molecule has 0 N–H and O–H groups in total. The molecular weight excluding hydrogens is 448 g/mol. The molecule has 0 aliphatic rings. The van der Waals surface area contributed by atoms with Crippen molar-refractivity contribution in [1.29, 1.82) is 0 Å². The van der Waals surface area contributed by atoms with Gasteiger partial charge in [0, 0.05) is 0 Å². The lowest BCUT2D eigenvalue weighted by molar-refractivity contribution is -0.174. The molecule has 0 radical (unpaired) electrons. The van der Waals surface area contributed by atoms with Crippen molar-refractivity contribution in [2.75, 3.05) is 33.5 Å². The zero-order valence-corrected chi connectivity index (χ0v) is 18.7. The molecular formula is C24H26O10. The summed E-state index contributed by atoms with van der Waals surface area (Å²) in [6.45, 7) is -1.31. The highest BCUT2D eigenvalue weighted by Crippen LogP contribution is 2.05. The van der Waals surface area contributed by atoms with Gasteiger partial charge < -0.3 is 28.4 Å². The predicted octanol–water partition coefficient (Wildman–Crippen LogP) is 1.59. The molecule has 0 saturated heterocycles. The molecule has 0 heterocycles. The molecule has 2 aromatic rings. The average Bonchev–Trinajstić information content (AvgIpc) is 2.87. The van der Waals surface area contributed by atoms with E-state index in [0.717, 1.165) is 18.2 Å². The summed E-state index contributed by atoms with van der Waals surface area (Å²) < 4.78 is 29.7. The fraction of sp³-hybridized carbons (Fsp3) is 0.333. The van der Waals surface area contributed by atoms with E-state index >= 15 is 0 Å². The van der Waals surface area contributed by atoms with E-state index in [1.54, 1.807) is 36.4 Å². The van der Waals surface area contributed by atoms with Crippen molar-refractivity contribution in [3.05, 3.63) is 71.8 Å². The fourth-order valence-corrected chi connectivity index (χ4v) is 2.48. The number of methoxy groups -OCH3 is 1. The number of esters is 4. The number of benzene rings is 2. The zero-order chi connectivity index (χ0) is 24.6. The van der Waals surface area contributed by atoms with E-state index in [9.17, 15) is 19.2 Å². The fourth-order valence-electron chi connectivity index (χ4n) is 2.48. The largest absolute Gasteiger partial charge is 0.467 e. The molecule has 1 unspecified atom stereocenters. The quantitative estimate of drug-likeness (QED) is 0.173. The van der Waals surface area contributed by atoms with Gasteiger partial charge in [-0.2, -0.15) is 0 Å². The van der Waals surface area contributed by atoms with Gasteiger partial charge in [0.1, 0.15) is 19.8 Å². The Bertz CT molecular complexity index is 914. The number of carbonyl (C=O) groups excluding carboxylic acids is 4. The van der Waals surface area contributed by atoms with Crippen LogP contribution in [0, 0.1) is 0 Å². The van der Waals surface area contributed by atoms with Crippen LogP contribution >= 0.6 is 0 Å². The first-order chi connectivity index (χ1) is 16.5. The van der Waals surface area contributed by atoms with Crippen LogP contribution in [-0.4, -0.2) is 63.5 Å². The van der Waals surface area contributed by atoms with Crippen LogP contribution in [-0.2, 0) is 60.8 Å². The summed E-state index contributed by atoms with van der Waals surface area (Å²) >= 11 is 0. The molecule has 1 atom stereocenters. The highest BCUT2D eigenvalue weighted by atomic mass is 16.6. The number of hydrogen-bond acceptors (Lipinski definition) is 10. The Morgan fingerprint density at radius 2 is 1.24 bits per heavy atom. The van der Waals surface area contributed by atoms with Gasteiger partial charge in [-0.25, -0.2) is 19.2 Å². The summed E-state index contributed by atoms with van der Waals surface area (Å²) in [6, 6.07) is 18.0. The molecule has 34 heavy (non-hydrogen) atoms. The van der Waals surface area contributed by atoms with Crippen molar-refractivity contribution >= 4 is 23.9 Å². The van der Waals surface area contributed by atoms with E-state index in [0.29, 0.717) is 0 Å². The van der Waals surface area contributed by atoms with Gasteiger partial charge >= 0.3 is 23.9 Å². The minimum atomic E-state index is -1.59. The number of hydrogen-bond donors (Lipinski definition) is 0. The third kappa shape index (κ3) is 10.2.